The molecule has 1 aromatic heterocycles. The Balaban J connectivity index is 1.63. The number of hydrogen-bond acceptors (Lipinski definition) is 6. The Bertz CT molecular complexity index is 1750. The number of nitrogens with zero attached hydrogens (tertiary/aromatic N) is 1. The Labute approximate surface area is 258 Å². The van der Waals surface area contributed by atoms with E-state index in [-0.39, 0.29) is 23.6 Å². The molecule has 1 amide bonds. The van der Waals surface area contributed by atoms with Crippen molar-refractivity contribution in [1.29, 1.82) is 0 Å². The number of carboxylic acid groups (broad SMARTS) is 1. The van der Waals surface area contributed by atoms with Crippen molar-refractivity contribution >= 4 is 29.0 Å². The molecule has 0 aliphatic carbocycles. The zero-order valence-corrected chi connectivity index (χ0v) is 25.6. The topological polar surface area (TPSA) is 93.1 Å². The summed E-state index contributed by atoms with van der Waals surface area (Å²) in [6.07, 6.45) is 0. The molecule has 0 bridgehead atoms. The van der Waals surface area contributed by atoms with Crippen molar-refractivity contribution in [3.05, 3.63) is 117 Å². The quantitative estimate of drug-likeness (QED) is 0.231. The minimum Gasteiger partial charge on any atom is -0.479 e. The van der Waals surface area contributed by atoms with E-state index in [2.05, 4.69) is 20.8 Å². The fourth-order valence-electron chi connectivity index (χ4n) is 6.52. The Hall–Kier alpha value is -4.50. The second-order valence-electron chi connectivity index (χ2n) is 12.4. The third-order valence-corrected chi connectivity index (χ3v) is 9.63. The molecule has 1 N–H and O–H groups in total. The molecule has 6 rings (SSSR count). The van der Waals surface area contributed by atoms with Crippen molar-refractivity contribution in [3.8, 4) is 11.5 Å². The van der Waals surface area contributed by atoms with E-state index < -0.39 is 41.1 Å². The number of ether oxygens (including phenoxy) is 2. The van der Waals surface area contributed by atoms with Crippen LogP contribution in [0.5, 0.6) is 11.5 Å². The molecule has 226 valence electrons. The molecule has 1 saturated heterocycles. The number of aliphatic carboxylic acids is 1. The molecule has 0 saturated carbocycles. The molecule has 2 aliphatic rings. The first-order chi connectivity index (χ1) is 20.9. The second-order valence-corrected chi connectivity index (χ2v) is 13.4. The zero-order chi connectivity index (χ0) is 31.4. The smallest absolute Gasteiger partial charge is 0.330 e. The van der Waals surface area contributed by atoms with Gasteiger partial charge in [0.1, 0.15) is 11.4 Å². The van der Waals surface area contributed by atoms with Crippen molar-refractivity contribution in [2.75, 3.05) is 6.79 Å². The summed E-state index contributed by atoms with van der Waals surface area (Å²) in [6.45, 7) is 7.74. The predicted octanol–water partition coefficient (Wildman–Crippen LogP) is 7.24. The average Bonchev–Trinajstić information content (AvgIpc) is 3.74. The highest BCUT2D eigenvalue weighted by Crippen LogP contribution is 2.58. The number of halogens is 1. The largest absolute Gasteiger partial charge is 0.479 e. The van der Waals surface area contributed by atoms with E-state index in [9.17, 15) is 23.9 Å². The number of carbonyl (C=O) groups is 3. The summed E-state index contributed by atoms with van der Waals surface area (Å²) in [5, 5.41) is 12.8. The molecular formula is C35H32FNO6S. The highest BCUT2D eigenvalue weighted by atomic mass is 32.1. The molecule has 44 heavy (non-hydrogen) atoms. The number of amides is 1. The average molecular weight is 614 g/mol. The lowest BCUT2D eigenvalue weighted by Crippen LogP contribution is -2.54. The summed E-state index contributed by atoms with van der Waals surface area (Å²) in [7, 11) is 0. The van der Waals surface area contributed by atoms with Gasteiger partial charge in [0.25, 0.3) is 5.91 Å². The number of Topliss-reactive ketones (excluding diaryl/α,β-unsaturated/α-hetero) is 1. The summed E-state index contributed by atoms with van der Waals surface area (Å²) in [5.41, 5.74) is 0.0656. The monoisotopic (exact) mass is 613 g/mol. The van der Waals surface area contributed by atoms with Gasteiger partial charge in [0.2, 0.25) is 6.79 Å². The summed E-state index contributed by atoms with van der Waals surface area (Å²) in [6, 6.07) is 20.3. The molecule has 3 heterocycles. The van der Waals surface area contributed by atoms with Gasteiger partial charge in [-0.3, -0.25) is 9.59 Å². The van der Waals surface area contributed by atoms with Crippen LogP contribution >= 0.6 is 11.3 Å². The summed E-state index contributed by atoms with van der Waals surface area (Å²) < 4.78 is 25.6. The Morgan fingerprint density at radius 3 is 2.27 bits per heavy atom. The molecule has 2 aliphatic heterocycles. The number of carboxylic acids is 1. The Kier molecular flexibility index (Phi) is 7.32. The van der Waals surface area contributed by atoms with Gasteiger partial charge in [0.05, 0.1) is 16.8 Å². The van der Waals surface area contributed by atoms with Crippen molar-refractivity contribution < 1.29 is 33.4 Å². The SMILES string of the molecule is CC(C)(C)c1ccc(C2C(C(=O)c3cccs3)C(c3ccc4c(c3)OCO4)N(C(=O)c3cccc(F)c3)C2(C)C(=O)O)cc1. The maximum Gasteiger partial charge on any atom is 0.330 e. The maximum absolute atomic E-state index is 14.6. The van der Waals surface area contributed by atoms with Crippen LogP contribution in [0.4, 0.5) is 4.39 Å². The summed E-state index contributed by atoms with van der Waals surface area (Å²) in [5.74, 6) is -3.93. The second kappa shape index (κ2) is 10.9. The van der Waals surface area contributed by atoms with Gasteiger partial charge in [-0.25, -0.2) is 9.18 Å². The first kappa shape index (κ1) is 29.6. The third-order valence-electron chi connectivity index (χ3n) is 8.75. The normalized spacial score (nSPS) is 22.7. The van der Waals surface area contributed by atoms with Crippen LogP contribution in [0.1, 0.15) is 76.4 Å². The first-order valence-corrected chi connectivity index (χ1v) is 15.2. The number of fused-ring (bicyclic) bond motifs is 1. The van der Waals surface area contributed by atoms with E-state index in [1.807, 2.05) is 24.3 Å². The minimum atomic E-state index is -1.91. The minimum absolute atomic E-state index is 0.0164. The third kappa shape index (κ3) is 4.85. The molecule has 4 unspecified atom stereocenters. The van der Waals surface area contributed by atoms with Gasteiger partial charge in [-0.05, 0) is 70.8 Å². The highest BCUT2D eigenvalue weighted by Gasteiger charge is 2.65. The number of ketones is 1. The van der Waals surface area contributed by atoms with E-state index in [0.717, 1.165) is 11.6 Å². The van der Waals surface area contributed by atoms with Gasteiger partial charge < -0.3 is 19.5 Å². The summed E-state index contributed by atoms with van der Waals surface area (Å²) >= 11 is 1.26. The molecule has 4 aromatic rings. The number of rotatable bonds is 6. The van der Waals surface area contributed by atoms with Crippen LogP contribution in [0.25, 0.3) is 0 Å². The van der Waals surface area contributed by atoms with Gasteiger partial charge in [-0.2, -0.15) is 0 Å². The van der Waals surface area contributed by atoms with E-state index in [4.69, 9.17) is 9.47 Å². The summed E-state index contributed by atoms with van der Waals surface area (Å²) in [4.78, 5) is 44.3. The van der Waals surface area contributed by atoms with E-state index >= 15 is 0 Å². The molecule has 3 aromatic carbocycles. The number of thiophene rings is 1. The van der Waals surface area contributed by atoms with Crippen molar-refractivity contribution in [3.63, 3.8) is 0 Å². The first-order valence-electron chi connectivity index (χ1n) is 14.3. The van der Waals surface area contributed by atoms with Crippen LogP contribution < -0.4 is 9.47 Å². The van der Waals surface area contributed by atoms with E-state index in [1.54, 1.807) is 35.7 Å². The van der Waals surface area contributed by atoms with Crippen molar-refractivity contribution in [2.45, 2.75) is 50.6 Å². The lowest BCUT2D eigenvalue weighted by molar-refractivity contribution is -0.148. The lowest BCUT2D eigenvalue weighted by atomic mass is 9.72. The van der Waals surface area contributed by atoms with Crippen molar-refractivity contribution in [1.82, 2.24) is 4.90 Å². The van der Waals surface area contributed by atoms with Crippen LogP contribution in [-0.2, 0) is 10.2 Å². The van der Waals surface area contributed by atoms with Gasteiger partial charge in [-0.15, -0.1) is 11.3 Å². The molecule has 0 spiro atoms. The van der Waals surface area contributed by atoms with Crippen LogP contribution in [-0.4, -0.2) is 40.0 Å². The van der Waals surface area contributed by atoms with E-state index in [0.29, 0.717) is 27.5 Å². The Morgan fingerprint density at radius 1 is 0.932 bits per heavy atom. The lowest BCUT2D eigenvalue weighted by Gasteiger charge is -2.38. The van der Waals surface area contributed by atoms with Crippen LogP contribution in [0, 0.1) is 11.7 Å². The maximum atomic E-state index is 14.6. The number of benzene rings is 3. The molecule has 9 heteroatoms. The van der Waals surface area contributed by atoms with Gasteiger partial charge in [-0.1, -0.05) is 63.2 Å². The van der Waals surface area contributed by atoms with Crippen LogP contribution in [0.3, 0.4) is 0 Å². The number of likely N-dealkylation sites (tertiary alicyclic amines) is 1. The number of hydrogen-bond donors (Lipinski definition) is 1. The van der Waals surface area contributed by atoms with Crippen LogP contribution in [0.2, 0.25) is 0 Å². The van der Waals surface area contributed by atoms with Gasteiger partial charge >= 0.3 is 5.97 Å². The van der Waals surface area contributed by atoms with E-state index in [1.165, 1.54) is 41.4 Å². The fourth-order valence-corrected chi connectivity index (χ4v) is 7.23. The molecule has 4 atom stereocenters. The molecule has 1 fully saturated rings. The molecule has 0 radical (unpaired) electrons. The van der Waals surface area contributed by atoms with Gasteiger partial charge in [0.15, 0.2) is 17.3 Å². The highest BCUT2D eigenvalue weighted by molar-refractivity contribution is 7.12. The zero-order valence-electron chi connectivity index (χ0n) is 24.7. The Morgan fingerprint density at radius 2 is 1.64 bits per heavy atom. The van der Waals surface area contributed by atoms with Crippen LogP contribution in [0.15, 0.2) is 84.2 Å². The molecular weight excluding hydrogens is 581 g/mol. The predicted molar refractivity (Wildman–Crippen MR) is 164 cm³/mol. The number of carbonyl (C=O) groups excluding carboxylic acids is 2. The van der Waals surface area contributed by atoms with Crippen molar-refractivity contribution in [2.24, 2.45) is 5.92 Å². The fraction of sp³-hybridized carbons (Fsp3) is 0.286. The molecule has 7 nitrogen and oxygen atoms in total. The standard InChI is InChI=1S/C35H32FNO6S/c1-34(2,3)23-13-10-20(11-14-23)29-28(31(38)27-9-6-16-44-27)30(21-12-15-25-26(18-21)43-19-42-25)37(35(29,4)33(40)41)32(39)22-7-5-8-24(36)17-22/h5-18,28-30H,19H2,1-4H3,(H,40,41). The van der Waals surface area contributed by atoms with Gasteiger partial charge in [0, 0.05) is 11.5 Å².